The predicted molar refractivity (Wildman–Crippen MR) is 151 cm³/mol. The van der Waals surface area contributed by atoms with Gasteiger partial charge in [-0.05, 0) is 106 Å². The van der Waals surface area contributed by atoms with Gasteiger partial charge in [0.2, 0.25) is 0 Å². The molecule has 37 heavy (non-hydrogen) atoms. The van der Waals surface area contributed by atoms with Crippen molar-refractivity contribution >= 4 is 6.08 Å². The van der Waals surface area contributed by atoms with E-state index in [0.29, 0.717) is 24.0 Å². The number of benzene rings is 2. The first-order valence-electron chi connectivity index (χ1n) is 13.7. The van der Waals surface area contributed by atoms with Gasteiger partial charge in [0.05, 0.1) is 33.4 Å². The average Bonchev–Trinajstić information content (AvgIpc) is 2.87. The molecule has 2 aromatic carbocycles. The third kappa shape index (κ3) is 3.19. The zero-order valence-electron chi connectivity index (χ0n) is 24.8. The predicted octanol–water partition coefficient (Wildman–Crippen LogP) is 6.92. The van der Waals surface area contributed by atoms with E-state index in [1.54, 1.807) is 14.2 Å². The van der Waals surface area contributed by atoms with Crippen LogP contribution >= 0.6 is 0 Å². The van der Waals surface area contributed by atoms with Crippen LogP contribution in [0.3, 0.4) is 0 Å². The van der Waals surface area contributed by atoms with Gasteiger partial charge in [0, 0.05) is 28.9 Å². The van der Waals surface area contributed by atoms with Crippen molar-refractivity contribution in [1.82, 2.24) is 9.80 Å². The van der Waals surface area contributed by atoms with Gasteiger partial charge in [0.15, 0.2) is 11.5 Å². The van der Waals surface area contributed by atoms with Crippen LogP contribution < -0.4 is 14.2 Å². The topological polar surface area (TPSA) is 34.2 Å². The lowest BCUT2D eigenvalue weighted by molar-refractivity contribution is -0.00779. The molecule has 200 valence electrons. The number of methoxy groups -OCH3 is 3. The lowest BCUT2D eigenvalue weighted by Gasteiger charge is -2.60. The van der Waals surface area contributed by atoms with Crippen molar-refractivity contribution < 1.29 is 14.2 Å². The van der Waals surface area contributed by atoms with Crippen LogP contribution in [0.2, 0.25) is 0 Å². The van der Waals surface area contributed by atoms with Crippen LogP contribution in [0.1, 0.15) is 95.3 Å². The van der Waals surface area contributed by atoms with Gasteiger partial charge in [-0.25, -0.2) is 0 Å². The van der Waals surface area contributed by atoms with Gasteiger partial charge >= 0.3 is 0 Å². The van der Waals surface area contributed by atoms with Crippen LogP contribution in [0.4, 0.5) is 0 Å². The highest BCUT2D eigenvalue weighted by atomic mass is 16.5. The van der Waals surface area contributed by atoms with Gasteiger partial charge in [-0.1, -0.05) is 13.8 Å². The number of hydrogen-bond acceptors (Lipinski definition) is 5. The third-order valence-corrected chi connectivity index (χ3v) is 10.0. The molecule has 5 nitrogen and oxygen atoms in total. The highest BCUT2D eigenvalue weighted by Gasteiger charge is 2.53. The summed E-state index contributed by atoms with van der Waals surface area (Å²) in [6, 6.07) is 1.11. The summed E-state index contributed by atoms with van der Waals surface area (Å²) in [5, 5.41) is 0. The lowest BCUT2D eigenvalue weighted by atomic mass is 9.69. The molecule has 5 rings (SSSR count). The van der Waals surface area contributed by atoms with Gasteiger partial charge < -0.3 is 19.1 Å². The minimum Gasteiger partial charge on any atom is -0.496 e. The van der Waals surface area contributed by atoms with E-state index < -0.39 is 0 Å². The molecule has 2 aromatic rings. The zero-order chi connectivity index (χ0) is 27.1. The van der Waals surface area contributed by atoms with Gasteiger partial charge in [0.1, 0.15) is 5.75 Å². The zero-order valence-corrected chi connectivity index (χ0v) is 24.8. The Morgan fingerprint density at radius 2 is 1.30 bits per heavy atom. The second kappa shape index (κ2) is 8.97. The molecule has 1 fully saturated rings. The van der Waals surface area contributed by atoms with E-state index in [9.17, 15) is 0 Å². The highest BCUT2D eigenvalue weighted by Crippen LogP contribution is 2.60. The molecular formula is C32H44N2O3. The SMILES string of the molecule is CC[C@H]1c2c(C)c(C)c(C)c(OC)c2C=C2C3c4c(OC)c(OC)c(C)c(C)c4C(C)C(C(C)N21)N3C. The summed E-state index contributed by atoms with van der Waals surface area (Å²) < 4.78 is 18.2. The molecule has 0 aliphatic carbocycles. The Bertz CT molecular complexity index is 1310. The van der Waals surface area contributed by atoms with Crippen molar-refractivity contribution in [2.24, 2.45) is 0 Å². The van der Waals surface area contributed by atoms with Gasteiger partial charge in [-0.15, -0.1) is 0 Å². The maximum absolute atomic E-state index is 6.16. The number of rotatable bonds is 4. The van der Waals surface area contributed by atoms with Crippen LogP contribution in [0.15, 0.2) is 5.70 Å². The normalized spacial score (nSPS) is 26.2. The fourth-order valence-corrected chi connectivity index (χ4v) is 8.17. The first kappa shape index (κ1) is 26.0. The second-order valence-electron chi connectivity index (χ2n) is 11.4. The smallest absolute Gasteiger partial charge is 0.166 e. The Morgan fingerprint density at radius 3 is 1.86 bits per heavy atom. The van der Waals surface area contributed by atoms with E-state index in [2.05, 4.69) is 78.3 Å². The molecule has 5 atom stereocenters. The maximum Gasteiger partial charge on any atom is 0.166 e. The Labute approximate surface area is 223 Å². The minimum absolute atomic E-state index is 0.0735. The number of piperazine rings is 1. The summed E-state index contributed by atoms with van der Waals surface area (Å²) >= 11 is 0. The number of nitrogens with zero attached hydrogens (tertiary/aromatic N) is 2. The lowest BCUT2D eigenvalue weighted by Crippen LogP contribution is -2.62. The van der Waals surface area contributed by atoms with Gasteiger partial charge in [-0.3, -0.25) is 4.90 Å². The molecule has 5 heteroatoms. The monoisotopic (exact) mass is 504 g/mol. The van der Waals surface area contributed by atoms with E-state index in [4.69, 9.17) is 14.2 Å². The van der Waals surface area contributed by atoms with E-state index in [1.165, 1.54) is 55.8 Å². The standard InChI is InChI=1S/C32H44N2O3/c1-13-23-26-16(3)15(2)18(5)30(35-10)22(26)14-24-29-27-25(17(4)19(6)31(36-11)32(27)37-12)20(7)28(33(29)9)21(8)34(23)24/h14,20-21,23,28-29H,13H2,1-12H3/t20?,21?,23-,28?,29?/m0/s1. The van der Waals surface area contributed by atoms with Crippen LogP contribution in [-0.2, 0) is 0 Å². The Morgan fingerprint density at radius 1 is 0.730 bits per heavy atom. The summed E-state index contributed by atoms with van der Waals surface area (Å²) in [6.45, 7) is 18.3. The molecule has 0 saturated carbocycles. The van der Waals surface area contributed by atoms with Crippen molar-refractivity contribution in [2.75, 3.05) is 28.4 Å². The quantitative estimate of drug-likeness (QED) is 0.451. The fraction of sp³-hybridized carbons (Fsp3) is 0.562. The summed E-state index contributed by atoms with van der Waals surface area (Å²) in [5.74, 6) is 3.10. The van der Waals surface area contributed by atoms with Gasteiger partial charge in [0.25, 0.3) is 0 Å². The maximum atomic E-state index is 6.16. The Balaban J connectivity index is 1.91. The molecule has 3 heterocycles. The Kier molecular flexibility index (Phi) is 6.30. The van der Waals surface area contributed by atoms with Crippen molar-refractivity contribution in [3.8, 4) is 17.2 Å². The van der Waals surface area contributed by atoms with E-state index in [1.807, 2.05) is 7.11 Å². The summed E-state index contributed by atoms with van der Waals surface area (Å²) in [6.07, 6.45) is 3.47. The Hall–Kier alpha value is -2.66. The number of likely N-dealkylation sites (N-methyl/N-ethyl adjacent to an activating group) is 1. The molecule has 0 aromatic heterocycles. The van der Waals surface area contributed by atoms with E-state index >= 15 is 0 Å². The molecule has 2 bridgehead atoms. The van der Waals surface area contributed by atoms with Crippen molar-refractivity contribution in [3.63, 3.8) is 0 Å². The first-order chi connectivity index (χ1) is 17.6. The number of fused-ring (bicyclic) bond motifs is 7. The molecule has 0 radical (unpaired) electrons. The molecule has 0 N–H and O–H groups in total. The molecule has 3 aliphatic rings. The molecule has 3 aliphatic heterocycles. The highest BCUT2D eigenvalue weighted by molar-refractivity contribution is 5.74. The second-order valence-corrected chi connectivity index (χ2v) is 11.4. The fourth-order valence-electron chi connectivity index (χ4n) is 8.17. The van der Waals surface area contributed by atoms with Crippen molar-refractivity contribution in [1.29, 1.82) is 0 Å². The van der Waals surface area contributed by atoms with Crippen LogP contribution in [0.5, 0.6) is 17.2 Å². The third-order valence-electron chi connectivity index (χ3n) is 10.0. The van der Waals surface area contributed by atoms with Crippen molar-refractivity contribution in [3.05, 3.63) is 55.8 Å². The molecule has 0 spiro atoms. The molecular weight excluding hydrogens is 460 g/mol. The molecule has 1 saturated heterocycles. The van der Waals surface area contributed by atoms with Crippen LogP contribution in [-0.4, -0.2) is 50.3 Å². The van der Waals surface area contributed by atoms with E-state index in [0.717, 1.165) is 23.7 Å². The van der Waals surface area contributed by atoms with Crippen molar-refractivity contribution in [2.45, 2.75) is 91.9 Å². The minimum atomic E-state index is 0.0735. The molecule has 4 unspecified atom stereocenters. The summed E-state index contributed by atoms with van der Waals surface area (Å²) in [4.78, 5) is 5.33. The van der Waals surface area contributed by atoms with Gasteiger partial charge in [-0.2, -0.15) is 0 Å². The summed E-state index contributed by atoms with van der Waals surface area (Å²) in [7, 11) is 7.65. The van der Waals surface area contributed by atoms with Crippen LogP contribution in [0.25, 0.3) is 6.08 Å². The largest absolute Gasteiger partial charge is 0.496 e. The number of hydrogen-bond donors (Lipinski definition) is 0. The van der Waals surface area contributed by atoms with Crippen LogP contribution in [0, 0.1) is 34.6 Å². The number of ether oxygens (including phenoxy) is 3. The average molecular weight is 505 g/mol. The summed E-state index contributed by atoms with van der Waals surface area (Å²) in [5.41, 5.74) is 13.2. The first-order valence-corrected chi connectivity index (χ1v) is 13.7. The molecule has 0 amide bonds. The van der Waals surface area contributed by atoms with E-state index in [-0.39, 0.29) is 6.04 Å².